The fourth-order valence-corrected chi connectivity index (χ4v) is 3.11. The number of primary amides is 1. The molecule has 22 heavy (non-hydrogen) atoms. The van der Waals surface area contributed by atoms with Gasteiger partial charge >= 0.3 is 0 Å². The fourth-order valence-electron chi connectivity index (χ4n) is 3.11. The summed E-state index contributed by atoms with van der Waals surface area (Å²) < 4.78 is 10.7. The smallest absolute Gasteiger partial charge is 0.255 e. The van der Waals surface area contributed by atoms with Crippen molar-refractivity contribution in [2.75, 3.05) is 32.9 Å². The Morgan fingerprint density at radius 2 is 2.05 bits per heavy atom. The third-order valence-corrected chi connectivity index (χ3v) is 4.39. The van der Waals surface area contributed by atoms with Gasteiger partial charge in [-0.1, -0.05) is 0 Å². The Labute approximate surface area is 129 Å². The molecule has 0 radical (unpaired) electrons. The van der Waals surface area contributed by atoms with Gasteiger partial charge in [0.1, 0.15) is 5.75 Å². The predicted molar refractivity (Wildman–Crippen MR) is 79.5 cm³/mol. The number of rotatable bonds is 4. The lowest BCUT2D eigenvalue weighted by Gasteiger charge is -2.22. The summed E-state index contributed by atoms with van der Waals surface area (Å²) in [6.07, 6.45) is 2.05. The zero-order valence-electron chi connectivity index (χ0n) is 12.4. The van der Waals surface area contributed by atoms with Crippen LogP contribution in [0.25, 0.3) is 0 Å². The van der Waals surface area contributed by atoms with Crippen molar-refractivity contribution in [1.82, 2.24) is 4.90 Å². The Kier molecular flexibility index (Phi) is 4.02. The van der Waals surface area contributed by atoms with E-state index in [1.807, 2.05) is 4.90 Å². The Bertz CT molecular complexity index is 564. The SMILES string of the molecule is NC(=O)COc1ccc(C(=O)N2CCC3(CCOC3)C2)cc1. The van der Waals surface area contributed by atoms with E-state index in [0.29, 0.717) is 11.3 Å². The van der Waals surface area contributed by atoms with Crippen LogP contribution >= 0.6 is 0 Å². The lowest BCUT2D eigenvalue weighted by molar-refractivity contribution is -0.119. The number of nitrogens with zero attached hydrogens (tertiary/aromatic N) is 1. The third kappa shape index (κ3) is 3.06. The lowest BCUT2D eigenvalue weighted by Crippen LogP contribution is -2.32. The molecule has 2 amide bonds. The summed E-state index contributed by atoms with van der Waals surface area (Å²) in [7, 11) is 0. The van der Waals surface area contributed by atoms with Crippen LogP contribution in [0.3, 0.4) is 0 Å². The molecule has 1 spiro atoms. The van der Waals surface area contributed by atoms with Crippen molar-refractivity contribution >= 4 is 11.8 Å². The molecular weight excluding hydrogens is 284 g/mol. The van der Waals surface area contributed by atoms with Crippen molar-refractivity contribution in [1.29, 1.82) is 0 Å². The predicted octanol–water partition coefficient (Wildman–Crippen LogP) is 0.803. The maximum atomic E-state index is 12.5. The summed E-state index contributed by atoms with van der Waals surface area (Å²) in [6, 6.07) is 6.80. The van der Waals surface area contributed by atoms with Crippen LogP contribution in [0.1, 0.15) is 23.2 Å². The molecule has 2 aliphatic heterocycles. The van der Waals surface area contributed by atoms with E-state index in [2.05, 4.69) is 0 Å². The molecule has 3 rings (SSSR count). The molecule has 118 valence electrons. The summed E-state index contributed by atoms with van der Waals surface area (Å²) in [6.45, 7) is 2.94. The minimum atomic E-state index is -0.527. The lowest BCUT2D eigenvalue weighted by atomic mass is 9.87. The number of hydrogen-bond donors (Lipinski definition) is 1. The first-order valence-electron chi connectivity index (χ1n) is 7.46. The van der Waals surface area contributed by atoms with Gasteiger partial charge in [0.2, 0.25) is 0 Å². The van der Waals surface area contributed by atoms with Crippen LogP contribution < -0.4 is 10.5 Å². The quantitative estimate of drug-likeness (QED) is 0.892. The second-order valence-corrected chi connectivity index (χ2v) is 6.06. The van der Waals surface area contributed by atoms with Crippen LogP contribution in [0.2, 0.25) is 0 Å². The van der Waals surface area contributed by atoms with Crippen molar-refractivity contribution in [3.8, 4) is 5.75 Å². The molecule has 2 fully saturated rings. The molecular formula is C16H20N2O4. The largest absolute Gasteiger partial charge is 0.484 e. The number of likely N-dealkylation sites (tertiary alicyclic amines) is 1. The molecule has 1 aromatic carbocycles. The molecule has 1 atom stereocenters. The highest BCUT2D eigenvalue weighted by molar-refractivity contribution is 5.94. The fraction of sp³-hybridized carbons (Fsp3) is 0.500. The Morgan fingerprint density at radius 3 is 2.68 bits per heavy atom. The maximum Gasteiger partial charge on any atom is 0.255 e. The molecule has 0 aromatic heterocycles. The summed E-state index contributed by atoms with van der Waals surface area (Å²) in [5.74, 6) is 0.0314. The second kappa shape index (κ2) is 5.96. The van der Waals surface area contributed by atoms with Crippen LogP contribution in [0, 0.1) is 5.41 Å². The average molecular weight is 304 g/mol. The third-order valence-electron chi connectivity index (χ3n) is 4.39. The zero-order chi connectivity index (χ0) is 15.6. The zero-order valence-corrected chi connectivity index (χ0v) is 12.4. The summed E-state index contributed by atoms with van der Waals surface area (Å²) in [5.41, 5.74) is 5.82. The molecule has 2 heterocycles. The van der Waals surface area contributed by atoms with E-state index in [-0.39, 0.29) is 17.9 Å². The molecule has 2 aliphatic rings. The number of nitrogens with two attached hydrogens (primary N) is 1. The van der Waals surface area contributed by atoms with E-state index in [1.54, 1.807) is 24.3 Å². The van der Waals surface area contributed by atoms with Gasteiger partial charge in [0, 0.05) is 30.7 Å². The molecule has 1 unspecified atom stereocenters. The highest BCUT2D eigenvalue weighted by Crippen LogP contribution is 2.38. The molecule has 0 saturated carbocycles. The van der Waals surface area contributed by atoms with Gasteiger partial charge < -0.3 is 20.1 Å². The standard InChI is InChI=1S/C16H20N2O4/c17-14(19)9-22-13-3-1-12(2-4-13)15(20)18-7-5-16(10-18)6-8-21-11-16/h1-4H,5-11H2,(H2,17,19). The number of amides is 2. The number of hydrogen-bond acceptors (Lipinski definition) is 4. The first-order valence-corrected chi connectivity index (χ1v) is 7.46. The Balaban J connectivity index is 1.61. The van der Waals surface area contributed by atoms with Gasteiger partial charge in [-0.3, -0.25) is 9.59 Å². The maximum absolute atomic E-state index is 12.5. The van der Waals surface area contributed by atoms with E-state index < -0.39 is 5.91 Å². The molecule has 6 nitrogen and oxygen atoms in total. The molecule has 1 aromatic rings. The van der Waals surface area contributed by atoms with Gasteiger partial charge in [0.25, 0.3) is 11.8 Å². The van der Waals surface area contributed by atoms with Crippen LogP contribution in [0.15, 0.2) is 24.3 Å². The Hall–Kier alpha value is -2.08. The van der Waals surface area contributed by atoms with E-state index in [1.165, 1.54) is 0 Å². The number of carbonyl (C=O) groups excluding carboxylic acids is 2. The van der Waals surface area contributed by atoms with Crippen molar-refractivity contribution in [2.45, 2.75) is 12.8 Å². The van der Waals surface area contributed by atoms with E-state index in [4.69, 9.17) is 15.2 Å². The normalized spacial score (nSPS) is 23.9. The number of ether oxygens (including phenoxy) is 2. The van der Waals surface area contributed by atoms with Crippen molar-refractivity contribution < 1.29 is 19.1 Å². The minimum absolute atomic E-state index is 0.0326. The van der Waals surface area contributed by atoms with E-state index in [0.717, 1.165) is 39.1 Å². The summed E-state index contributed by atoms with van der Waals surface area (Å²) in [5, 5.41) is 0. The van der Waals surface area contributed by atoms with Crippen LogP contribution in [-0.4, -0.2) is 49.6 Å². The number of carbonyl (C=O) groups is 2. The van der Waals surface area contributed by atoms with Gasteiger partial charge in [-0.2, -0.15) is 0 Å². The molecule has 0 bridgehead atoms. The van der Waals surface area contributed by atoms with Crippen molar-refractivity contribution in [3.63, 3.8) is 0 Å². The summed E-state index contributed by atoms with van der Waals surface area (Å²) in [4.78, 5) is 25.1. The van der Waals surface area contributed by atoms with Gasteiger partial charge in [-0.25, -0.2) is 0 Å². The van der Waals surface area contributed by atoms with Gasteiger partial charge in [0.15, 0.2) is 6.61 Å². The van der Waals surface area contributed by atoms with Crippen molar-refractivity contribution in [3.05, 3.63) is 29.8 Å². The first-order chi connectivity index (χ1) is 10.6. The monoisotopic (exact) mass is 304 g/mol. The van der Waals surface area contributed by atoms with Crippen LogP contribution in [0.5, 0.6) is 5.75 Å². The van der Waals surface area contributed by atoms with Gasteiger partial charge in [-0.05, 0) is 37.1 Å². The molecule has 0 aliphatic carbocycles. The first kappa shape index (κ1) is 14.8. The van der Waals surface area contributed by atoms with Gasteiger partial charge in [0.05, 0.1) is 6.61 Å². The summed E-state index contributed by atoms with van der Waals surface area (Å²) >= 11 is 0. The minimum Gasteiger partial charge on any atom is -0.484 e. The highest BCUT2D eigenvalue weighted by Gasteiger charge is 2.42. The second-order valence-electron chi connectivity index (χ2n) is 6.06. The molecule has 6 heteroatoms. The topological polar surface area (TPSA) is 81.9 Å². The average Bonchev–Trinajstić information content (AvgIpc) is 3.15. The Morgan fingerprint density at radius 1 is 1.27 bits per heavy atom. The number of benzene rings is 1. The molecule has 2 N–H and O–H groups in total. The van der Waals surface area contributed by atoms with E-state index >= 15 is 0 Å². The van der Waals surface area contributed by atoms with Crippen LogP contribution in [-0.2, 0) is 9.53 Å². The van der Waals surface area contributed by atoms with Gasteiger partial charge in [-0.15, -0.1) is 0 Å². The van der Waals surface area contributed by atoms with E-state index in [9.17, 15) is 9.59 Å². The van der Waals surface area contributed by atoms with Crippen LogP contribution in [0.4, 0.5) is 0 Å². The highest BCUT2D eigenvalue weighted by atomic mass is 16.5. The van der Waals surface area contributed by atoms with Crippen molar-refractivity contribution in [2.24, 2.45) is 11.1 Å². The molecule has 2 saturated heterocycles.